The highest BCUT2D eigenvalue weighted by Crippen LogP contribution is 2.38. The van der Waals surface area contributed by atoms with Crippen molar-refractivity contribution in [1.82, 2.24) is 4.90 Å². The van der Waals surface area contributed by atoms with Crippen molar-refractivity contribution < 1.29 is 13.9 Å². The highest BCUT2D eigenvalue weighted by molar-refractivity contribution is 5.98. The van der Waals surface area contributed by atoms with E-state index >= 15 is 0 Å². The number of carbonyl (C=O) groups is 1. The Hall–Kier alpha value is -2.23. The summed E-state index contributed by atoms with van der Waals surface area (Å²) in [6.45, 7) is 9.74. The van der Waals surface area contributed by atoms with Crippen molar-refractivity contribution in [3.8, 4) is 5.75 Å². The fourth-order valence-electron chi connectivity index (χ4n) is 3.64. The molecule has 0 radical (unpaired) electrons. The molecule has 2 aromatic rings. The maximum Gasteiger partial charge on any atom is 0.246 e. The fraction of sp³-hybridized carbons (Fsp3) is 0.476. The van der Waals surface area contributed by atoms with Crippen LogP contribution in [-0.2, 0) is 4.79 Å². The third-order valence-corrected chi connectivity index (χ3v) is 5.28. The van der Waals surface area contributed by atoms with E-state index in [1.54, 1.807) is 13.2 Å². The summed E-state index contributed by atoms with van der Waals surface area (Å²) in [5.74, 6) is 1.79. The monoisotopic (exact) mass is 341 g/mol. The van der Waals surface area contributed by atoms with E-state index in [2.05, 4.69) is 13.0 Å². The molecule has 1 aliphatic rings. The van der Waals surface area contributed by atoms with Crippen molar-refractivity contribution in [2.75, 3.05) is 20.2 Å². The summed E-state index contributed by atoms with van der Waals surface area (Å²) >= 11 is 0. The Morgan fingerprint density at radius 2 is 1.84 bits per heavy atom. The van der Waals surface area contributed by atoms with Gasteiger partial charge in [0.15, 0.2) is 0 Å². The number of carbonyl (C=O) groups excluding carboxylic acids is 1. The molecule has 1 fully saturated rings. The molecule has 2 heterocycles. The molecule has 1 aromatic carbocycles. The predicted octanol–water partition coefficient (Wildman–Crippen LogP) is 4.78. The van der Waals surface area contributed by atoms with Crippen LogP contribution in [0.15, 0.2) is 16.6 Å². The number of benzene rings is 1. The Balaban J connectivity index is 2.05. The van der Waals surface area contributed by atoms with Gasteiger partial charge in [-0.1, -0.05) is 0 Å². The van der Waals surface area contributed by atoms with Crippen LogP contribution in [0.1, 0.15) is 48.6 Å². The maximum atomic E-state index is 12.6. The van der Waals surface area contributed by atoms with Crippen molar-refractivity contribution in [1.29, 1.82) is 0 Å². The SMILES string of the molecule is COc1c(/C(C)=C/C(=O)N2CCCCC2)cc2c(C)c(C)oc2c1C. The fourth-order valence-corrected chi connectivity index (χ4v) is 3.64. The summed E-state index contributed by atoms with van der Waals surface area (Å²) in [6.07, 6.45) is 5.16. The second kappa shape index (κ2) is 6.95. The lowest BCUT2D eigenvalue weighted by Gasteiger charge is -2.25. The zero-order valence-electron chi connectivity index (χ0n) is 15.9. The number of fused-ring (bicyclic) bond motifs is 1. The van der Waals surface area contributed by atoms with E-state index in [4.69, 9.17) is 9.15 Å². The molecule has 1 amide bonds. The molecular formula is C21H27NO3. The van der Waals surface area contributed by atoms with E-state index in [1.165, 1.54) is 6.42 Å². The van der Waals surface area contributed by atoms with Crippen LogP contribution in [0.3, 0.4) is 0 Å². The van der Waals surface area contributed by atoms with Crippen LogP contribution in [0.2, 0.25) is 0 Å². The molecule has 4 nitrogen and oxygen atoms in total. The van der Waals surface area contributed by atoms with Gasteiger partial charge in [-0.05, 0) is 64.2 Å². The number of hydrogen-bond acceptors (Lipinski definition) is 3. The normalized spacial score (nSPS) is 15.7. The first kappa shape index (κ1) is 17.6. The molecule has 0 spiro atoms. The minimum Gasteiger partial charge on any atom is -0.496 e. The highest BCUT2D eigenvalue weighted by Gasteiger charge is 2.20. The smallest absolute Gasteiger partial charge is 0.246 e. The number of allylic oxidation sites excluding steroid dienone is 1. The number of rotatable bonds is 3. The van der Waals surface area contributed by atoms with Crippen LogP contribution in [0.25, 0.3) is 16.5 Å². The quantitative estimate of drug-likeness (QED) is 0.754. The van der Waals surface area contributed by atoms with E-state index in [9.17, 15) is 4.79 Å². The molecule has 0 aliphatic carbocycles. The molecular weight excluding hydrogens is 314 g/mol. The zero-order valence-corrected chi connectivity index (χ0v) is 15.9. The van der Waals surface area contributed by atoms with Gasteiger partial charge in [0, 0.05) is 35.7 Å². The van der Waals surface area contributed by atoms with E-state index < -0.39 is 0 Å². The Kier molecular flexibility index (Phi) is 4.89. The van der Waals surface area contributed by atoms with Gasteiger partial charge in [0.05, 0.1) is 7.11 Å². The number of methoxy groups -OCH3 is 1. The number of amides is 1. The number of hydrogen-bond donors (Lipinski definition) is 0. The second-order valence-corrected chi connectivity index (χ2v) is 6.96. The summed E-state index contributed by atoms with van der Waals surface area (Å²) in [6, 6.07) is 2.09. The van der Waals surface area contributed by atoms with Crippen molar-refractivity contribution in [2.45, 2.75) is 47.0 Å². The molecule has 134 valence electrons. The van der Waals surface area contributed by atoms with Gasteiger partial charge >= 0.3 is 0 Å². The second-order valence-electron chi connectivity index (χ2n) is 6.96. The standard InChI is InChI=1S/C21H27NO3/c1-13(11-19(23)22-9-7-6-8-10-22)17-12-18-14(2)16(4)25-21(18)15(3)20(17)24-5/h11-12H,6-10H2,1-5H3/b13-11+. The average Bonchev–Trinajstić information content (AvgIpc) is 2.90. The molecule has 4 heteroatoms. The number of ether oxygens (including phenoxy) is 1. The Labute approximate surface area is 149 Å². The minimum atomic E-state index is 0.0945. The van der Waals surface area contributed by atoms with Gasteiger partial charge in [-0.15, -0.1) is 0 Å². The Morgan fingerprint density at radius 1 is 1.16 bits per heavy atom. The number of piperidine rings is 1. The molecule has 3 rings (SSSR count). The number of aryl methyl sites for hydroxylation is 3. The first-order valence-electron chi connectivity index (χ1n) is 8.99. The van der Waals surface area contributed by atoms with Gasteiger partial charge in [-0.25, -0.2) is 0 Å². The summed E-state index contributed by atoms with van der Waals surface area (Å²) in [5.41, 5.74) is 4.87. The predicted molar refractivity (Wildman–Crippen MR) is 101 cm³/mol. The summed E-state index contributed by atoms with van der Waals surface area (Å²) < 4.78 is 11.6. The zero-order chi connectivity index (χ0) is 18.1. The van der Waals surface area contributed by atoms with Crippen LogP contribution < -0.4 is 4.74 Å². The number of furan rings is 1. The lowest BCUT2D eigenvalue weighted by molar-refractivity contribution is -0.126. The van der Waals surface area contributed by atoms with Crippen LogP contribution in [-0.4, -0.2) is 31.0 Å². The molecule has 0 bridgehead atoms. The van der Waals surface area contributed by atoms with Crippen molar-refractivity contribution in [2.24, 2.45) is 0 Å². The first-order valence-corrected chi connectivity index (χ1v) is 8.99. The van der Waals surface area contributed by atoms with Crippen LogP contribution in [0.4, 0.5) is 0 Å². The third kappa shape index (κ3) is 3.17. The largest absolute Gasteiger partial charge is 0.496 e. The van der Waals surface area contributed by atoms with Crippen molar-refractivity contribution in [3.05, 3.63) is 34.6 Å². The molecule has 1 saturated heterocycles. The molecule has 0 atom stereocenters. The van der Waals surface area contributed by atoms with Gasteiger partial charge in [0.1, 0.15) is 17.1 Å². The number of likely N-dealkylation sites (tertiary alicyclic amines) is 1. The topological polar surface area (TPSA) is 42.7 Å². The Bertz CT molecular complexity index is 839. The van der Waals surface area contributed by atoms with E-state index in [1.807, 2.05) is 25.7 Å². The summed E-state index contributed by atoms with van der Waals surface area (Å²) in [7, 11) is 1.67. The molecule has 0 saturated carbocycles. The van der Waals surface area contributed by atoms with E-state index in [0.717, 1.165) is 70.7 Å². The maximum absolute atomic E-state index is 12.6. The molecule has 1 aromatic heterocycles. The third-order valence-electron chi connectivity index (χ3n) is 5.28. The Morgan fingerprint density at radius 3 is 2.48 bits per heavy atom. The van der Waals surface area contributed by atoms with Gasteiger partial charge in [-0.3, -0.25) is 4.79 Å². The molecule has 0 unspecified atom stereocenters. The molecule has 25 heavy (non-hydrogen) atoms. The van der Waals surface area contributed by atoms with Crippen LogP contribution >= 0.6 is 0 Å². The van der Waals surface area contributed by atoms with Crippen LogP contribution in [0.5, 0.6) is 5.75 Å². The summed E-state index contributed by atoms with van der Waals surface area (Å²) in [5, 5.41) is 1.09. The average molecular weight is 341 g/mol. The molecule has 0 N–H and O–H groups in total. The highest BCUT2D eigenvalue weighted by atomic mass is 16.5. The van der Waals surface area contributed by atoms with Gasteiger partial charge in [-0.2, -0.15) is 0 Å². The lowest BCUT2D eigenvalue weighted by Crippen LogP contribution is -2.34. The minimum absolute atomic E-state index is 0.0945. The number of nitrogens with zero attached hydrogens (tertiary/aromatic N) is 1. The van der Waals surface area contributed by atoms with Crippen molar-refractivity contribution in [3.63, 3.8) is 0 Å². The van der Waals surface area contributed by atoms with Gasteiger partial charge in [0.2, 0.25) is 5.91 Å². The summed E-state index contributed by atoms with van der Waals surface area (Å²) in [4.78, 5) is 14.5. The van der Waals surface area contributed by atoms with Crippen molar-refractivity contribution >= 4 is 22.4 Å². The van der Waals surface area contributed by atoms with Crippen LogP contribution in [0, 0.1) is 20.8 Å². The molecule has 1 aliphatic heterocycles. The van der Waals surface area contributed by atoms with Gasteiger partial charge in [0.25, 0.3) is 0 Å². The van der Waals surface area contributed by atoms with E-state index in [0.29, 0.717) is 0 Å². The van der Waals surface area contributed by atoms with Gasteiger partial charge < -0.3 is 14.1 Å². The van der Waals surface area contributed by atoms with E-state index in [-0.39, 0.29) is 5.91 Å². The lowest BCUT2D eigenvalue weighted by atomic mass is 9.98. The first-order chi connectivity index (χ1) is 11.9.